The molecule has 0 atom stereocenters. The lowest BCUT2D eigenvalue weighted by Crippen LogP contribution is -2.21. The van der Waals surface area contributed by atoms with E-state index < -0.39 is 11.9 Å². The third-order valence-corrected chi connectivity index (χ3v) is 4.05. The molecule has 0 saturated heterocycles. The minimum absolute atomic E-state index is 0.358. The highest BCUT2D eigenvalue weighted by atomic mass is 16.5. The minimum atomic E-state index is -0.561. The number of aromatic amines is 1. The standard InChI is InChI=1S/C20H15N3O3/c24-19(23-16-7-3-5-13-4-1-2-6-15(13)16)11-26-20(25)14-8-9-17-18(10-14)22-12-21-17/h1-10,12H,11H2,(H,21,22)(H,23,24). The van der Waals surface area contributed by atoms with Gasteiger partial charge in [0.1, 0.15) is 0 Å². The zero-order chi connectivity index (χ0) is 17.9. The van der Waals surface area contributed by atoms with Crippen molar-refractivity contribution in [2.75, 3.05) is 11.9 Å². The molecule has 1 amide bonds. The molecule has 0 saturated carbocycles. The Morgan fingerprint density at radius 1 is 1.04 bits per heavy atom. The van der Waals surface area contributed by atoms with Crippen molar-refractivity contribution in [2.24, 2.45) is 0 Å². The van der Waals surface area contributed by atoms with Gasteiger partial charge in [0.25, 0.3) is 5.91 Å². The number of aromatic nitrogens is 2. The molecule has 1 aromatic heterocycles. The van der Waals surface area contributed by atoms with Gasteiger partial charge in [-0.3, -0.25) is 4.79 Å². The number of nitrogens with zero attached hydrogens (tertiary/aromatic N) is 1. The molecular weight excluding hydrogens is 330 g/mol. The van der Waals surface area contributed by atoms with Crippen LogP contribution in [0.2, 0.25) is 0 Å². The third-order valence-electron chi connectivity index (χ3n) is 4.05. The first kappa shape index (κ1) is 15.8. The van der Waals surface area contributed by atoms with Crippen molar-refractivity contribution >= 4 is 39.4 Å². The van der Waals surface area contributed by atoms with E-state index in [0.29, 0.717) is 11.3 Å². The number of hydrogen-bond donors (Lipinski definition) is 2. The van der Waals surface area contributed by atoms with Crippen LogP contribution >= 0.6 is 0 Å². The number of imidazole rings is 1. The molecule has 6 heteroatoms. The Bertz CT molecular complexity index is 1110. The van der Waals surface area contributed by atoms with Gasteiger partial charge in [0, 0.05) is 11.1 Å². The van der Waals surface area contributed by atoms with Gasteiger partial charge in [0.05, 0.1) is 22.9 Å². The summed E-state index contributed by atoms with van der Waals surface area (Å²) in [6, 6.07) is 18.4. The van der Waals surface area contributed by atoms with Crippen LogP contribution in [0.5, 0.6) is 0 Å². The van der Waals surface area contributed by atoms with Crippen molar-refractivity contribution in [3.8, 4) is 0 Å². The smallest absolute Gasteiger partial charge is 0.338 e. The van der Waals surface area contributed by atoms with Crippen LogP contribution in [0.4, 0.5) is 5.69 Å². The van der Waals surface area contributed by atoms with Gasteiger partial charge in [0.15, 0.2) is 6.61 Å². The average Bonchev–Trinajstić information content (AvgIpc) is 3.14. The Morgan fingerprint density at radius 2 is 1.88 bits per heavy atom. The number of esters is 1. The van der Waals surface area contributed by atoms with Gasteiger partial charge in [-0.1, -0.05) is 36.4 Å². The summed E-state index contributed by atoms with van der Waals surface area (Å²) < 4.78 is 5.11. The zero-order valence-electron chi connectivity index (χ0n) is 13.7. The molecule has 0 radical (unpaired) electrons. The monoisotopic (exact) mass is 345 g/mol. The van der Waals surface area contributed by atoms with Crippen molar-refractivity contribution in [1.29, 1.82) is 0 Å². The van der Waals surface area contributed by atoms with Crippen LogP contribution in [0.15, 0.2) is 67.0 Å². The third kappa shape index (κ3) is 3.12. The molecule has 0 aliphatic heterocycles. The van der Waals surface area contributed by atoms with Crippen molar-refractivity contribution in [3.05, 3.63) is 72.6 Å². The van der Waals surface area contributed by atoms with E-state index in [2.05, 4.69) is 15.3 Å². The Morgan fingerprint density at radius 3 is 2.81 bits per heavy atom. The number of carbonyl (C=O) groups is 2. The van der Waals surface area contributed by atoms with E-state index in [1.165, 1.54) is 0 Å². The second-order valence-electron chi connectivity index (χ2n) is 5.79. The van der Waals surface area contributed by atoms with Gasteiger partial charge < -0.3 is 15.0 Å². The molecule has 6 nitrogen and oxygen atoms in total. The van der Waals surface area contributed by atoms with E-state index in [1.54, 1.807) is 24.5 Å². The number of benzene rings is 3. The fourth-order valence-electron chi connectivity index (χ4n) is 2.80. The van der Waals surface area contributed by atoms with Gasteiger partial charge in [-0.2, -0.15) is 0 Å². The van der Waals surface area contributed by atoms with E-state index in [4.69, 9.17) is 4.74 Å². The van der Waals surface area contributed by atoms with E-state index in [-0.39, 0.29) is 6.61 Å². The Hall–Kier alpha value is -3.67. The van der Waals surface area contributed by atoms with Crippen LogP contribution in [0.3, 0.4) is 0 Å². The summed E-state index contributed by atoms with van der Waals surface area (Å²) in [4.78, 5) is 31.3. The summed E-state index contributed by atoms with van der Waals surface area (Å²) in [6.07, 6.45) is 1.55. The first-order valence-corrected chi connectivity index (χ1v) is 8.08. The number of amides is 1. The first-order valence-electron chi connectivity index (χ1n) is 8.08. The van der Waals surface area contributed by atoms with E-state index >= 15 is 0 Å². The summed E-state index contributed by atoms with van der Waals surface area (Å²) >= 11 is 0. The highest BCUT2D eigenvalue weighted by Crippen LogP contribution is 2.22. The maximum atomic E-state index is 12.2. The van der Waals surface area contributed by atoms with Gasteiger partial charge in [-0.25, -0.2) is 9.78 Å². The number of rotatable bonds is 4. The zero-order valence-corrected chi connectivity index (χ0v) is 13.7. The molecule has 0 fully saturated rings. The van der Waals surface area contributed by atoms with Crippen LogP contribution < -0.4 is 5.32 Å². The number of fused-ring (bicyclic) bond motifs is 2. The second kappa shape index (κ2) is 6.68. The van der Waals surface area contributed by atoms with Crippen LogP contribution in [-0.2, 0) is 9.53 Å². The lowest BCUT2D eigenvalue weighted by molar-refractivity contribution is -0.119. The maximum absolute atomic E-state index is 12.2. The Kier molecular flexibility index (Phi) is 4.07. The summed E-state index contributed by atoms with van der Waals surface area (Å²) in [6.45, 7) is -0.358. The number of nitrogens with one attached hydrogen (secondary N) is 2. The highest BCUT2D eigenvalue weighted by molar-refractivity contribution is 6.03. The maximum Gasteiger partial charge on any atom is 0.338 e. The molecule has 0 bridgehead atoms. The predicted molar refractivity (Wildman–Crippen MR) is 99.0 cm³/mol. The van der Waals surface area contributed by atoms with E-state index in [1.807, 2.05) is 42.5 Å². The van der Waals surface area contributed by atoms with Crippen molar-refractivity contribution < 1.29 is 14.3 Å². The molecule has 26 heavy (non-hydrogen) atoms. The molecule has 4 aromatic rings. The number of hydrogen-bond acceptors (Lipinski definition) is 4. The number of carbonyl (C=O) groups excluding carboxylic acids is 2. The van der Waals surface area contributed by atoms with Crippen molar-refractivity contribution in [1.82, 2.24) is 9.97 Å². The lowest BCUT2D eigenvalue weighted by atomic mass is 10.1. The van der Waals surface area contributed by atoms with Gasteiger partial charge >= 0.3 is 5.97 Å². The van der Waals surface area contributed by atoms with Crippen LogP contribution in [0.1, 0.15) is 10.4 Å². The largest absolute Gasteiger partial charge is 0.452 e. The molecule has 0 aliphatic carbocycles. The van der Waals surface area contributed by atoms with Gasteiger partial charge in [-0.05, 0) is 29.7 Å². The SMILES string of the molecule is O=C(COC(=O)c1ccc2nc[nH]c2c1)Nc1cccc2ccccc12. The molecule has 1 heterocycles. The average molecular weight is 345 g/mol. The predicted octanol–water partition coefficient (Wildman–Crippen LogP) is 3.51. The fraction of sp³-hybridized carbons (Fsp3) is 0.0500. The minimum Gasteiger partial charge on any atom is -0.452 e. The molecule has 2 N–H and O–H groups in total. The molecule has 4 rings (SSSR count). The number of anilines is 1. The lowest BCUT2D eigenvalue weighted by Gasteiger charge is -2.09. The molecular formula is C20H15N3O3. The molecule has 3 aromatic carbocycles. The summed E-state index contributed by atoms with van der Waals surface area (Å²) in [5.41, 5.74) is 2.54. The van der Waals surface area contributed by atoms with Crippen LogP contribution in [-0.4, -0.2) is 28.5 Å². The topological polar surface area (TPSA) is 84.1 Å². The Labute approximate surface area is 148 Å². The van der Waals surface area contributed by atoms with Crippen LogP contribution in [0, 0.1) is 0 Å². The summed E-state index contributed by atoms with van der Waals surface area (Å²) in [5, 5.41) is 4.74. The first-order chi connectivity index (χ1) is 12.7. The summed E-state index contributed by atoms with van der Waals surface area (Å²) in [7, 11) is 0. The van der Waals surface area contributed by atoms with E-state index in [9.17, 15) is 9.59 Å². The highest BCUT2D eigenvalue weighted by Gasteiger charge is 2.12. The molecule has 0 aliphatic rings. The molecule has 0 unspecified atom stereocenters. The normalized spacial score (nSPS) is 10.8. The van der Waals surface area contributed by atoms with Crippen molar-refractivity contribution in [2.45, 2.75) is 0 Å². The molecule has 0 spiro atoms. The number of H-pyrrole nitrogens is 1. The Balaban J connectivity index is 1.42. The molecule has 128 valence electrons. The van der Waals surface area contributed by atoms with Gasteiger partial charge in [0.2, 0.25) is 0 Å². The van der Waals surface area contributed by atoms with Gasteiger partial charge in [-0.15, -0.1) is 0 Å². The quantitative estimate of drug-likeness (QED) is 0.554. The fourth-order valence-corrected chi connectivity index (χ4v) is 2.80. The van der Waals surface area contributed by atoms with Crippen LogP contribution in [0.25, 0.3) is 21.8 Å². The second-order valence-corrected chi connectivity index (χ2v) is 5.79. The van der Waals surface area contributed by atoms with E-state index in [0.717, 1.165) is 21.8 Å². The number of ether oxygens (including phenoxy) is 1. The van der Waals surface area contributed by atoms with Crippen molar-refractivity contribution in [3.63, 3.8) is 0 Å². The summed E-state index contributed by atoms with van der Waals surface area (Å²) in [5.74, 6) is -0.952.